The lowest BCUT2D eigenvalue weighted by molar-refractivity contribution is -0.0468. The molecular formula is C11H21NO. The van der Waals surface area contributed by atoms with Gasteiger partial charge in [0.1, 0.15) is 0 Å². The van der Waals surface area contributed by atoms with Crippen LogP contribution in [-0.4, -0.2) is 24.8 Å². The van der Waals surface area contributed by atoms with Crippen molar-refractivity contribution in [1.82, 2.24) is 5.32 Å². The number of hydrogen-bond acceptors (Lipinski definition) is 2. The fourth-order valence-corrected chi connectivity index (χ4v) is 2.39. The summed E-state index contributed by atoms with van der Waals surface area (Å²) in [5.74, 6) is 1.44. The summed E-state index contributed by atoms with van der Waals surface area (Å²) in [4.78, 5) is 0. The maximum Gasteiger partial charge on any atom is 0.0634 e. The molecule has 13 heavy (non-hydrogen) atoms. The minimum absolute atomic E-state index is 0.421. The van der Waals surface area contributed by atoms with Crippen molar-refractivity contribution in [2.75, 3.05) is 6.54 Å². The Morgan fingerprint density at radius 2 is 2.00 bits per heavy atom. The maximum atomic E-state index is 6.07. The lowest BCUT2D eigenvalue weighted by atomic mass is 10.0. The van der Waals surface area contributed by atoms with Gasteiger partial charge in [-0.15, -0.1) is 0 Å². The predicted octanol–water partition coefficient (Wildman–Crippen LogP) is 1.80. The summed E-state index contributed by atoms with van der Waals surface area (Å²) < 4.78 is 6.07. The summed E-state index contributed by atoms with van der Waals surface area (Å²) >= 11 is 0. The number of hydrogen-bond donors (Lipinski definition) is 1. The minimum Gasteiger partial charge on any atom is -0.375 e. The Labute approximate surface area is 81.0 Å². The molecule has 2 unspecified atom stereocenters. The molecule has 2 bridgehead atoms. The van der Waals surface area contributed by atoms with Gasteiger partial charge in [-0.05, 0) is 31.6 Å². The standard InChI is InChI=1S/C11H21NO/c1-7(2)8(3)13-11-5-10-4-9(11)6-12-10/h7-12H,4-6H2,1-3H3/t8?,9-,10-,11?/m0/s1. The number of rotatable bonds is 3. The van der Waals surface area contributed by atoms with E-state index in [4.69, 9.17) is 4.74 Å². The number of piperidine rings is 1. The van der Waals surface area contributed by atoms with Gasteiger partial charge in [-0.1, -0.05) is 13.8 Å². The van der Waals surface area contributed by atoms with Crippen LogP contribution in [-0.2, 0) is 4.74 Å². The fourth-order valence-electron chi connectivity index (χ4n) is 2.39. The first-order chi connectivity index (χ1) is 6.16. The average molecular weight is 183 g/mol. The van der Waals surface area contributed by atoms with E-state index in [1.54, 1.807) is 0 Å². The maximum absolute atomic E-state index is 6.07. The highest BCUT2D eigenvalue weighted by atomic mass is 16.5. The normalized spacial score (nSPS) is 40.2. The average Bonchev–Trinajstić information content (AvgIpc) is 2.64. The smallest absolute Gasteiger partial charge is 0.0634 e. The van der Waals surface area contributed by atoms with Crippen LogP contribution in [0.15, 0.2) is 0 Å². The molecule has 0 radical (unpaired) electrons. The molecule has 1 saturated heterocycles. The van der Waals surface area contributed by atoms with E-state index >= 15 is 0 Å². The molecule has 1 aliphatic carbocycles. The van der Waals surface area contributed by atoms with E-state index < -0.39 is 0 Å². The zero-order chi connectivity index (χ0) is 9.42. The van der Waals surface area contributed by atoms with Gasteiger partial charge in [-0.2, -0.15) is 0 Å². The molecule has 4 atom stereocenters. The Bertz CT molecular complexity index is 181. The summed E-state index contributed by atoms with van der Waals surface area (Å²) in [7, 11) is 0. The zero-order valence-electron chi connectivity index (χ0n) is 8.92. The number of fused-ring (bicyclic) bond motifs is 2. The van der Waals surface area contributed by atoms with Crippen LogP contribution in [0.5, 0.6) is 0 Å². The van der Waals surface area contributed by atoms with Gasteiger partial charge in [-0.25, -0.2) is 0 Å². The number of nitrogens with one attached hydrogen (secondary N) is 1. The van der Waals surface area contributed by atoms with E-state index in [1.807, 2.05) is 0 Å². The van der Waals surface area contributed by atoms with Gasteiger partial charge in [0.15, 0.2) is 0 Å². The highest BCUT2D eigenvalue weighted by Gasteiger charge is 2.40. The van der Waals surface area contributed by atoms with Crippen molar-refractivity contribution in [2.24, 2.45) is 11.8 Å². The summed E-state index contributed by atoms with van der Waals surface area (Å²) in [5.41, 5.74) is 0. The van der Waals surface area contributed by atoms with Crippen molar-refractivity contribution in [1.29, 1.82) is 0 Å². The van der Waals surface area contributed by atoms with Crippen LogP contribution >= 0.6 is 0 Å². The fraction of sp³-hybridized carbons (Fsp3) is 1.00. The van der Waals surface area contributed by atoms with E-state index in [0.717, 1.165) is 12.0 Å². The van der Waals surface area contributed by atoms with Crippen molar-refractivity contribution in [3.8, 4) is 0 Å². The van der Waals surface area contributed by atoms with Crippen LogP contribution in [0.1, 0.15) is 33.6 Å². The van der Waals surface area contributed by atoms with E-state index in [1.165, 1.54) is 19.4 Å². The van der Waals surface area contributed by atoms with E-state index in [0.29, 0.717) is 18.1 Å². The molecular weight excluding hydrogens is 162 g/mol. The molecule has 2 fully saturated rings. The second kappa shape index (κ2) is 3.58. The summed E-state index contributed by atoms with van der Waals surface area (Å²) in [5, 5.41) is 3.51. The lowest BCUT2D eigenvalue weighted by Crippen LogP contribution is -2.36. The van der Waals surface area contributed by atoms with Crippen LogP contribution in [0.3, 0.4) is 0 Å². The van der Waals surface area contributed by atoms with Crippen LogP contribution < -0.4 is 5.32 Å². The Morgan fingerprint density at radius 1 is 1.23 bits per heavy atom. The first kappa shape index (κ1) is 9.47. The largest absolute Gasteiger partial charge is 0.375 e. The molecule has 0 spiro atoms. The molecule has 2 aliphatic rings. The van der Waals surface area contributed by atoms with Gasteiger partial charge in [-0.3, -0.25) is 0 Å². The molecule has 2 nitrogen and oxygen atoms in total. The monoisotopic (exact) mass is 183 g/mol. The van der Waals surface area contributed by atoms with Gasteiger partial charge in [0.2, 0.25) is 0 Å². The molecule has 1 N–H and O–H groups in total. The van der Waals surface area contributed by atoms with Gasteiger partial charge < -0.3 is 10.1 Å². The van der Waals surface area contributed by atoms with Crippen LogP contribution in [0, 0.1) is 11.8 Å². The van der Waals surface area contributed by atoms with Crippen molar-refractivity contribution >= 4 is 0 Å². The topological polar surface area (TPSA) is 21.3 Å². The summed E-state index contributed by atoms with van der Waals surface area (Å²) in [6, 6.07) is 0.759. The molecule has 2 heteroatoms. The molecule has 1 aliphatic heterocycles. The van der Waals surface area contributed by atoms with E-state index in [9.17, 15) is 0 Å². The quantitative estimate of drug-likeness (QED) is 0.720. The third kappa shape index (κ3) is 1.89. The molecule has 0 aromatic heterocycles. The second-order valence-corrected chi connectivity index (χ2v) is 4.96. The number of ether oxygens (including phenoxy) is 1. The first-order valence-electron chi connectivity index (χ1n) is 5.55. The minimum atomic E-state index is 0.421. The Balaban J connectivity index is 1.83. The molecule has 0 amide bonds. The van der Waals surface area contributed by atoms with Gasteiger partial charge in [0.25, 0.3) is 0 Å². The van der Waals surface area contributed by atoms with E-state index in [-0.39, 0.29) is 0 Å². The third-order valence-electron chi connectivity index (χ3n) is 3.63. The van der Waals surface area contributed by atoms with Crippen molar-refractivity contribution in [2.45, 2.75) is 51.9 Å². The summed E-state index contributed by atoms with van der Waals surface area (Å²) in [6.45, 7) is 7.84. The lowest BCUT2D eigenvalue weighted by Gasteiger charge is -2.28. The molecule has 0 aromatic carbocycles. The van der Waals surface area contributed by atoms with Gasteiger partial charge in [0.05, 0.1) is 12.2 Å². The third-order valence-corrected chi connectivity index (χ3v) is 3.63. The predicted molar refractivity (Wildman–Crippen MR) is 53.7 cm³/mol. The Kier molecular flexibility index (Phi) is 2.61. The first-order valence-corrected chi connectivity index (χ1v) is 5.55. The van der Waals surface area contributed by atoms with Crippen LogP contribution in [0.25, 0.3) is 0 Å². The van der Waals surface area contributed by atoms with Crippen molar-refractivity contribution in [3.05, 3.63) is 0 Å². The second-order valence-electron chi connectivity index (χ2n) is 4.96. The molecule has 0 aromatic rings. The van der Waals surface area contributed by atoms with Crippen LogP contribution in [0.4, 0.5) is 0 Å². The van der Waals surface area contributed by atoms with Crippen molar-refractivity contribution in [3.63, 3.8) is 0 Å². The highest BCUT2D eigenvalue weighted by Crippen LogP contribution is 2.34. The molecule has 76 valence electrons. The SMILES string of the molecule is CC(C)C(C)OC1C[C@@H]2C[C@H]1CN2. The zero-order valence-corrected chi connectivity index (χ0v) is 8.92. The van der Waals surface area contributed by atoms with E-state index in [2.05, 4.69) is 26.1 Å². The summed E-state index contributed by atoms with van der Waals surface area (Å²) in [6.07, 6.45) is 3.55. The molecule has 1 heterocycles. The Morgan fingerprint density at radius 3 is 2.46 bits per heavy atom. The van der Waals surface area contributed by atoms with Crippen LogP contribution in [0.2, 0.25) is 0 Å². The van der Waals surface area contributed by atoms with Crippen molar-refractivity contribution < 1.29 is 4.74 Å². The Hall–Kier alpha value is -0.0800. The molecule has 1 saturated carbocycles. The highest BCUT2D eigenvalue weighted by molar-refractivity contribution is 4.96. The van der Waals surface area contributed by atoms with Gasteiger partial charge >= 0.3 is 0 Å². The molecule has 2 rings (SSSR count). The van der Waals surface area contributed by atoms with Gasteiger partial charge in [0, 0.05) is 12.6 Å².